The summed E-state index contributed by atoms with van der Waals surface area (Å²) in [7, 11) is 0. The summed E-state index contributed by atoms with van der Waals surface area (Å²) in [5.74, 6) is 1.87. The largest absolute Gasteiger partial charge is 0.378 e. The maximum atomic E-state index is 12.9. The number of hydrogen-bond acceptors (Lipinski definition) is 8. The molecule has 2 aliphatic heterocycles. The number of hydrogen-bond donors (Lipinski definition) is 2. The molecule has 2 saturated carbocycles. The maximum absolute atomic E-state index is 12.9. The van der Waals surface area contributed by atoms with Crippen LogP contribution in [0.4, 0.5) is 17.3 Å². The second-order valence-corrected chi connectivity index (χ2v) is 12.7. The molecule has 4 aromatic rings. The van der Waals surface area contributed by atoms with E-state index in [2.05, 4.69) is 53.3 Å². The number of pyridine rings is 1. The molecule has 222 valence electrons. The summed E-state index contributed by atoms with van der Waals surface area (Å²) < 4.78 is 7.61. The lowest BCUT2D eigenvalue weighted by Crippen LogP contribution is -2.56. The number of anilines is 3. The number of ether oxygens (including phenoxy) is 1. The van der Waals surface area contributed by atoms with Crippen LogP contribution >= 0.6 is 11.6 Å². The fraction of sp³-hybridized carbons (Fsp3) is 0.438. The highest BCUT2D eigenvalue weighted by Gasteiger charge is 2.44. The number of fused-ring (bicyclic) bond motifs is 1. The number of carbonyl (C=O) groups excluding carboxylic acids is 1. The highest BCUT2D eigenvalue weighted by molar-refractivity contribution is 6.30. The van der Waals surface area contributed by atoms with E-state index >= 15 is 0 Å². The fourth-order valence-corrected chi connectivity index (χ4v) is 6.58. The van der Waals surface area contributed by atoms with Crippen molar-refractivity contribution in [2.45, 2.75) is 43.7 Å². The predicted molar refractivity (Wildman–Crippen MR) is 166 cm³/mol. The van der Waals surface area contributed by atoms with Crippen LogP contribution in [0.1, 0.15) is 47.9 Å². The molecule has 2 saturated heterocycles. The summed E-state index contributed by atoms with van der Waals surface area (Å²) in [4.78, 5) is 31.7. The molecule has 10 nitrogen and oxygen atoms in total. The lowest BCUT2D eigenvalue weighted by atomic mass is 10.1. The molecule has 2 aliphatic carbocycles. The highest BCUT2D eigenvalue weighted by Crippen LogP contribution is 2.48. The molecule has 3 aromatic heterocycles. The van der Waals surface area contributed by atoms with Crippen molar-refractivity contribution in [1.29, 1.82) is 0 Å². The van der Waals surface area contributed by atoms with E-state index in [0.29, 0.717) is 35.2 Å². The molecular formula is C32H35ClN8O2. The Bertz CT molecular complexity index is 1660. The number of benzene rings is 1. The minimum atomic E-state index is -0.0762. The van der Waals surface area contributed by atoms with Gasteiger partial charge < -0.3 is 24.7 Å². The number of carbonyl (C=O) groups is 1. The third-order valence-corrected chi connectivity index (χ3v) is 9.45. The fourth-order valence-electron chi connectivity index (χ4n) is 6.39. The summed E-state index contributed by atoms with van der Waals surface area (Å²) in [5.41, 5.74) is 5.66. The standard InChI is InChI=1S/C32H35ClN8O2/c33-23-3-1-2-21(10-23)26-12-27(26)32(42)38-30-13-29(35-19-36-30)34-14-24-16-41-15-22(20-4-5-20)11-28(31(41)37-24)40-8-6-39(7-9-40)25-17-43-18-25/h1-3,10-11,13,15-16,19-20,25-27H,4-9,12,14,17-18H2,(H2,34,35,36,38,42)/t26-,27+/m1/s1. The van der Waals surface area contributed by atoms with Crippen molar-refractivity contribution in [3.8, 4) is 0 Å². The zero-order valence-electron chi connectivity index (χ0n) is 24.0. The van der Waals surface area contributed by atoms with Crippen molar-refractivity contribution < 1.29 is 9.53 Å². The van der Waals surface area contributed by atoms with E-state index in [0.717, 1.165) is 62.7 Å². The number of nitrogens with one attached hydrogen (secondary N) is 2. The highest BCUT2D eigenvalue weighted by atomic mass is 35.5. The van der Waals surface area contributed by atoms with E-state index in [1.54, 1.807) is 6.07 Å². The van der Waals surface area contributed by atoms with Crippen molar-refractivity contribution in [2.75, 3.05) is 54.9 Å². The third kappa shape index (κ3) is 5.67. The normalized spacial score (nSPS) is 22.4. The van der Waals surface area contributed by atoms with E-state index in [-0.39, 0.29) is 17.7 Å². The van der Waals surface area contributed by atoms with Gasteiger partial charge in [-0.05, 0) is 60.4 Å². The average Bonchev–Trinajstić information content (AvgIpc) is 3.92. The van der Waals surface area contributed by atoms with Gasteiger partial charge in [-0.25, -0.2) is 15.0 Å². The number of piperazine rings is 1. The number of aromatic nitrogens is 4. The quantitative estimate of drug-likeness (QED) is 0.290. The van der Waals surface area contributed by atoms with Crippen molar-refractivity contribution >= 4 is 40.5 Å². The monoisotopic (exact) mass is 598 g/mol. The number of nitrogens with zero attached hydrogens (tertiary/aromatic N) is 6. The van der Waals surface area contributed by atoms with Crippen molar-refractivity contribution in [3.63, 3.8) is 0 Å². The van der Waals surface area contributed by atoms with Crippen molar-refractivity contribution in [2.24, 2.45) is 5.92 Å². The van der Waals surface area contributed by atoms with E-state index in [1.807, 2.05) is 24.3 Å². The Hall–Kier alpha value is -3.73. The molecule has 1 amide bonds. The van der Waals surface area contributed by atoms with Crippen molar-refractivity contribution in [1.82, 2.24) is 24.3 Å². The van der Waals surface area contributed by atoms with Gasteiger partial charge in [0.2, 0.25) is 5.91 Å². The van der Waals surface area contributed by atoms with E-state index in [1.165, 1.54) is 30.4 Å². The van der Waals surface area contributed by atoms with Gasteiger partial charge in [0.1, 0.15) is 18.0 Å². The van der Waals surface area contributed by atoms with Crippen LogP contribution in [0.3, 0.4) is 0 Å². The van der Waals surface area contributed by atoms with Crippen LogP contribution in [0.5, 0.6) is 0 Å². The van der Waals surface area contributed by atoms with Gasteiger partial charge in [0.15, 0.2) is 5.65 Å². The first-order chi connectivity index (χ1) is 21.1. The van der Waals surface area contributed by atoms with E-state index < -0.39 is 0 Å². The minimum Gasteiger partial charge on any atom is -0.378 e. The van der Waals surface area contributed by atoms with Crippen molar-refractivity contribution in [3.05, 3.63) is 77.0 Å². The van der Waals surface area contributed by atoms with Crippen LogP contribution in [-0.2, 0) is 16.1 Å². The Kier molecular flexibility index (Phi) is 6.92. The molecule has 4 fully saturated rings. The minimum absolute atomic E-state index is 0.0316. The van der Waals surface area contributed by atoms with Crippen LogP contribution in [0.25, 0.3) is 5.65 Å². The van der Waals surface area contributed by atoms with E-state index in [4.69, 9.17) is 21.3 Å². The molecule has 5 heterocycles. The second kappa shape index (κ2) is 11.1. The van der Waals surface area contributed by atoms with Crippen LogP contribution < -0.4 is 15.5 Å². The second-order valence-electron chi connectivity index (χ2n) is 12.2. The molecule has 0 bridgehead atoms. The summed E-state index contributed by atoms with van der Waals surface area (Å²) in [6.45, 7) is 6.34. The zero-order chi connectivity index (χ0) is 28.9. The van der Waals surface area contributed by atoms with Gasteiger partial charge in [-0.2, -0.15) is 0 Å². The Morgan fingerprint density at radius 2 is 1.84 bits per heavy atom. The maximum Gasteiger partial charge on any atom is 0.229 e. The summed E-state index contributed by atoms with van der Waals surface area (Å²) >= 11 is 6.14. The van der Waals surface area contributed by atoms with Gasteiger partial charge >= 0.3 is 0 Å². The molecule has 0 spiro atoms. The van der Waals surface area contributed by atoms with Gasteiger partial charge in [-0.3, -0.25) is 9.69 Å². The first kappa shape index (κ1) is 26.9. The van der Waals surface area contributed by atoms with Crippen LogP contribution in [-0.4, -0.2) is 75.6 Å². The van der Waals surface area contributed by atoms with Crippen LogP contribution in [0.2, 0.25) is 5.02 Å². The number of rotatable bonds is 9. The number of amides is 1. The third-order valence-electron chi connectivity index (χ3n) is 9.22. The van der Waals surface area contributed by atoms with Gasteiger partial charge in [0.25, 0.3) is 0 Å². The Morgan fingerprint density at radius 1 is 1.00 bits per heavy atom. The summed E-state index contributed by atoms with van der Waals surface area (Å²) in [5, 5.41) is 7.03. The molecular weight excluding hydrogens is 564 g/mol. The SMILES string of the molecule is O=C(Nc1cc(NCc2cn3cc(C4CC4)cc(N4CCN(C5COC5)CC4)c3n2)ncn1)[C@H]1C[C@@H]1c1cccc(Cl)c1. The predicted octanol–water partition coefficient (Wildman–Crippen LogP) is 4.53. The Balaban J connectivity index is 0.935. The molecule has 43 heavy (non-hydrogen) atoms. The topological polar surface area (TPSA) is 99.9 Å². The van der Waals surface area contributed by atoms with Gasteiger partial charge in [0, 0.05) is 55.6 Å². The smallest absolute Gasteiger partial charge is 0.229 e. The summed E-state index contributed by atoms with van der Waals surface area (Å²) in [6.07, 6.45) is 9.18. The lowest BCUT2D eigenvalue weighted by molar-refractivity contribution is -0.117. The van der Waals surface area contributed by atoms with E-state index in [9.17, 15) is 4.79 Å². The Labute approximate surface area is 255 Å². The molecule has 4 aliphatic rings. The van der Waals surface area contributed by atoms with Gasteiger partial charge in [-0.1, -0.05) is 23.7 Å². The average molecular weight is 599 g/mol. The molecule has 11 heteroatoms. The van der Waals surface area contributed by atoms with Crippen LogP contribution in [0.15, 0.2) is 55.1 Å². The lowest BCUT2D eigenvalue weighted by Gasteiger charge is -2.43. The Morgan fingerprint density at radius 3 is 2.60 bits per heavy atom. The molecule has 1 aromatic carbocycles. The number of halogens is 1. The zero-order valence-corrected chi connectivity index (χ0v) is 24.7. The van der Waals surface area contributed by atoms with Gasteiger partial charge in [0.05, 0.1) is 37.2 Å². The van der Waals surface area contributed by atoms with Gasteiger partial charge in [-0.15, -0.1) is 0 Å². The molecule has 0 radical (unpaired) electrons. The summed E-state index contributed by atoms with van der Waals surface area (Å²) in [6, 6.07) is 12.5. The molecule has 2 atom stereocenters. The first-order valence-electron chi connectivity index (χ1n) is 15.3. The van der Waals surface area contributed by atoms with Crippen LogP contribution in [0, 0.1) is 5.92 Å². The first-order valence-corrected chi connectivity index (χ1v) is 15.7. The number of imidazole rings is 1. The molecule has 2 N–H and O–H groups in total. The molecule has 8 rings (SSSR count). The molecule has 0 unspecified atom stereocenters.